The molecule has 4 amide bonds. The molecule has 1 aliphatic heterocycles. The third-order valence-electron chi connectivity index (χ3n) is 6.82. The van der Waals surface area contributed by atoms with Crippen LogP contribution in [0, 0.1) is 5.92 Å². The Labute approximate surface area is 216 Å². The molecule has 0 radical (unpaired) electrons. The number of nitrogens with zero attached hydrogens (tertiary/aromatic N) is 2. The number of sulfonamides is 1. The van der Waals surface area contributed by atoms with Gasteiger partial charge in [-0.1, -0.05) is 37.1 Å². The molecule has 1 aliphatic carbocycles. The first kappa shape index (κ1) is 26.3. The zero-order chi connectivity index (χ0) is 26.8. The van der Waals surface area contributed by atoms with E-state index in [0.29, 0.717) is 5.69 Å². The summed E-state index contributed by atoms with van der Waals surface area (Å²) in [5.41, 5.74) is 0.305. The van der Waals surface area contributed by atoms with Crippen LogP contribution in [0.15, 0.2) is 53.5 Å². The van der Waals surface area contributed by atoms with E-state index in [1.54, 1.807) is 19.3 Å². The Kier molecular flexibility index (Phi) is 7.35. The fraction of sp³-hybridized carbons (Fsp3) is 0.385. The molecule has 0 bridgehead atoms. The van der Waals surface area contributed by atoms with Crippen molar-refractivity contribution in [3.05, 3.63) is 59.7 Å². The van der Waals surface area contributed by atoms with E-state index in [1.807, 2.05) is 29.0 Å². The minimum atomic E-state index is -3.81. The highest BCUT2D eigenvalue weighted by atomic mass is 32.2. The summed E-state index contributed by atoms with van der Waals surface area (Å²) in [5.74, 6) is -1.32. The number of nitrogens with one attached hydrogen (secondary N) is 3. The van der Waals surface area contributed by atoms with Crippen molar-refractivity contribution >= 4 is 45.5 Å². The molecule has 2 aromatic carbocycles. The molecule has 1 heterocycles. The van der Waals surface area contributed by atoms with Gasteiger partial charge in [-0.25, -0.2) is 17.9 Å². The molecule has 37 heavy (non-hydrogen) atoms. The number of carbonyl (C=O) groups excluding carboxylic acids is 3. The second-order valence-electron chi connectivity index (χ2n) is 9.61. The first-order chi connectivity index (χ1) is 17.5. The van der Waals surface area contributed by atoms with Crippen LogP contribution in [0.4, 0.5) is 16.2 Å². The number of aliphatic imine (C=N–C) groups is 1. The fourth-order valence-electron chi connectivity index (χ4n) is 4.68. The Bertz CT molecular complexity index is 1350. The van der Waals surface area contributed by atoms with E-state index in [1.165, 1.54) is 36.9 Å². The molecule has 11 heteroatoms. The number of anilines is 2. The van der Waals surface area contributed by atoms with Gasteiger partial charge in [0.05, 0.1) is 10.9 Å². The molecule has 1 saturated carbocycles. The molecule has 2 aliphatic rings. The van der Waals surface area contributed by atoms with Crippen molar-refractivity contribution in [3.8, 4) is 0 Å². The summed E-state index contributed by atoms with van der Waals surface area (Å²) in [6.45, 7) is 2.93. The lowest BCUT2D eigenvalue weighted by atomic mass is 9.89. The average molecular weight is 526 g/mol. The first-order valence-electron chi connectivity index (χ1n) is 12.2. The predicted octanol–water partition coefficient (Wildman–Crippen LogP) is 3.26. The molecule has 3 N–H and O–H groups in total. The van der Waals surface area contributed by atoms with E-state index < -0.39 is 32.9 Å². The van der Waals surface area contributed by atoms with Gasteiger partial charge >= 0.3 is 6.03 Å². The van der Waals surface area contributed by atoms with Crippen LogP contribution >= 0.6 is 0 Å². The number of benzodiazepines with no additional fused rings is 1. The highest BCUT2D eigenvalue weighted by molar-refractivity contribution is 7.90. The van der Waals surface area contributed by atoms with E-state index >= 15 is 0 Å². The van der Waals surface area contributed by atoms with E-state index in [4.69, 9.17) is 0 Å². The van der Waals surface area contributed by atoms with E-state index in [2.05, 4.69) is 15.6 Å². The number of likely N-dealkylation sites (N-methyl/N-ethyl adjacent to an activating group) is 1. The lowest BCUT2D eigenvalue weighted by Crippen LogP contribution is -2.62. The third kappa shape index (κ3) is 5.36. The largest absolute Gasteiger partial charge is 0.321 e. The van der Waals surface area contributed by atoms with Crippen molar-refractivity contribution in [2.75, 3.05) is 17.3 Å². The quantitative estimate of drug-likeness (QED) is 0.532. The second-order valence-corrected chi connectivity index (χ2v) is 11.9. The maximum atomic E-state index is 13.8. The van der Waals surface area contributed by atoms with Gasteiger partial charge in [0.1, 0.15) is 0 Å². The smallest absolute Gasteiger partial charge is 0.311 e. The number of carbonyl (C=O) groups is 3. The molecule has 0 aromatic heterocycles. The lowest BCUT2D eigenvalue weighted by molar-refractivity contribution is -0.126. The maximum absolute atomic E-state index is 13.8. The Hall–Kier alpha value is -3.73. The van der Waals surface area contributed by atoms with Gasteiger partial charge < -0.3 is 15.5 Å². The minimum absolute atomic E-state index is 0.0614. The van der Waals surface area contributed by atoms with Gasteiger partial charge in [0, 0.05) is 36.0 Å². The molecular formula is C26H31N5O5S. The van der Waals surface area contributed by atoms with Crippen LogP contribution in [-0.4, -0.2) is 50.4 Å². The summed E-state index contributed by atoms with van der Waals surface area (Å²) in [7, 11) is -2.14. The van der Waals surface area contributed by atoms with Gasteiger partial charge in [0.15, 0.2) is 0 Å². The van der Waals surface area contributed by atoms with Crippen LogP contribution in [0.2, 0.25) is 0 Å². The Morgan fingerprint density at radius 2 is 1.78 bits per heavy atom. The predicted molar refractivity (Wildman–Crippen MR) is 142 cm³/mol. The summed E-state index contributed by atoms with van der Waals surface area (Å²) < 4.78 is 26.2. The molecule has 10 nitrogen and oxygen atoms in total. The van der Waals surface area contributed by atoms with Crippen LogP contribution in [-0.2, 0) is 14.8 Å². The Morgan fingerprint density at radius 1 is 1.08 bits per heavy atom. The molecular weight excluding hydrogens is 494 g/mol. The van der Waals surface area contributed by atoms with Gasteiger partial charge in [-0.15, -0.1) is 0 Å². The number of fused-ring (bicyclic) bond motifs is 1. The van der Waals surface area contributed by atoms with Crippen LogP contribution < -0.4 is 20.3 Å². The lowest BCUT2D eigenvalue weighted by Gasteiger charge is -2.36. The molecule has 1 unspecified atom stereocenters. The van der Waals surface area contributed by atoms with Crippen molar-refractivity contribution in [1.82, 2.24) is 10.0 Å². The molecule has 0 saturated heterocycles. The highest BCUT2D eigenvalue weighted by Gasteiger charge is 2.50. The van der Waals surface area contributed by atoms with E-state index in [9.17, 15) is 22.8 Å². The van der Waals surface area contributed by atoms with Crippen LogP contribution in [0.5, 0.6) is 0 Å². The van der Waals surface area contributed by atoms with E-state index in [-0.39, 0.29) is 23.1 Å². The number of benzene rings is 2. The van der Waals surface area contributed by atoms with Gasteiger partial charge in [0.2, 0.25) is 15.7 Å². The zero-order valence-corrected chi connectivity index (χ0v) is 21.8. The van der Waals surface area contributed by atoms with Gasteiger partial charge in [-0.2, -0.15) is 0 Å². The topological polar surface area (TPSA) is 137 Å². The summed E-state index contributed by atoms with van der Waals surface area (Å²) in [6, 6.07) is 12.6. The SMILES string of the molecule is CC(C)S(=O)(=O)NC(=O)c1cccc(NC(=O)NC2(C3CCCC3)N=Cc3ccccc3N(C)C2=O)c1. The average Bonchev–Trinajstić information content (AvgIpc) is 3.38. The molecule has 1 atom stereocenters. The van der Waals surface area contributed by atoms with Gasteiger partial charge in [-0.05, 0) is 51.0 Å². The zero-order valence-electron chi connectivity index (χ0n) is 21.0. The fourth-order valence-corrected chi connectivity index (χ4v) is 5.30. The molecule has 1 fully saturated rings. The molecule has 196 valence electrons. The monoisotopic (exact) mass is 525 g/mol. The van der Waals surface area contributed by atoms with Crippen molar-refractivity contribution in [2.45, 2.75) is 50.4 Å². The van der Waals surface area contributed by atoms with Crippen LogP contribution in [0.1, 0.15) is 55.5 Å². The number of amides is 4. The summed E-state index contributed by atoms with van der Waals surface area (Å²) in [4.78, 5) is 45.7. The summed E-state index contributed by atoms with van der Waals surface area (Å²) in [5, 5.41) is 4.73. The summed E-state index contributed by atoms with van der Waals surface area (Å²) >= 11 is 0. The molecule has 4 rings (SSSR count). The summed E-state index contributed by atoms with van der Waals surface area (Å²) in [6.07, 6.45) is 4.99. The first-order valence-corrected chi connectivity index (χ1v) is 13.8. The van der Waals surface area contributed by atoms with Crippen molar-refractivity contribution in [1.29, 1.82) is 0 Å². The Morgan fingerprint density at radius 3 is 2.49 bits per heavy atom. The highest BCUT2D eigenvalue weighted by Crippen LogP contribution is 2.39. The van der Waals surface area contributed by atoms with E-state index in [0.717, 1.165) is 31.2 Å². The standard InChI is InChI=1S/C26H31N5O5S/c1-17(2)37(35,36)30-23(32)18-10-8-13-21(15-18)28-25(34)29-26(20-11-5-6-12-20)24(33)31(3)22-14-7-4-9-19(22)16-27-26/h4,7-10,13-17,20H,5-6,11-12H2,1-3H3,(H,30,32)(H2,28,29,34). The van der Waals surface area contributed by atoms with Crippen LogP contribution in [0.3, 0.4) is 0 Å². The number of hydrogen-bond donors (Lipinski definition) is 3. The van der Waals surface area contributed by atoms with Crippen molar-refractivity contribution < 1.29 is 22.8 Å². The maximum Gasteiger partial charge on any atom is 0.321 e. The number of hydrogen-bond acceptors (Lipinski definition) is 6. The van der Waals surface area contributed by atoms with Crippen molar-refractivity contribution in [3.63, 3.8) is 0 Å². The number of para-hydroxylation sites is 1. The van der Waals surface area contributed by atoms with Gasteiger partial charge in [-0.3, -0.25) is 14.6 Å². The Balaban J connectivity index is 1.58. The normalized spacial score (nSPS) is 19.9. The number of urea groups is 1. The second kappa shape index (κ2) is 10.3. The molecule has 0 spiro atoms. The van der Waals surface area contributed by atoms with Gasteiger partial charge in [0.25, 0.3) is 11.8 Å². The minimum Gasteiger partial charge on any atom is -0.311 e. The van der Waals surface area contributed by atoms with Crippen LogP contribution in [0.25, 0.3) is 0 Å². The van der Waals surface area contributed by atoms with Crippen molar-refractivity contribution in [2.24, 2.45) is 10.9 Å². The third-order valence-corrected chi connectivity index (χ3v) is 8.54. The molecule has 2 aromatic rings. The number of rotatable bonds is 6.